The molecular weight excluding hydrogens is 422 g/mol. The summed E-state index contributed by atoms with van der Waals surface area (Å²) in [5.41, 5.74) is 1.85. The molecule has 1 amide bonds. The number of furan rings is 1. The van der Waals surface area contributed by atoms with Gasteiger partial charge in [0, 0.05) is 22.9 Å². The molecule has 0 fully saturated rings. The van der Waals surface area contributed by atoms with Crippen molar-refractivity contribution >= 4 is 44.0 Å². The molecule has 1 N–H and O–H groups in total. The molecule has 0 spiro atoms. The molecule has 0 unspecified atom stereocenters. The van der Waals surface area contributed by atoms with E-state index in [1.165, 1.54) is 34.2 Å². The molecule has 1 aromatic carbocycles. The highest BCUT2D eigenvalue weighted by molar-refractivity contribution is 7.89. The maximum absolute atomic E-state index is 13.1. The number of thiazole rings is 1. The highest BCUT2D eigenvalue weighted by Gasteiger charge is 2.31. The van der Waals surface area contributed by atoms with E-state index in [0.717, 1.165) is 10.6 Å². The van der Waals surface area contributed by atoms with Gasteiger partial charge in [0.15, 0.2) is 5.13 Å². The van der Waals surface area contributed by atoms with Gasteiger partial charge in [-0.3, -0.25) is 10.1 Å². The van der Waals surface area contributed by atoms with Gasteiger partial charge in [-0.05, 0) is 30.7 Å². The van der Waals surface area contributed by atoms with Crippen molar-refractivity contribution in [3.63, 3.8) is 0 Å². The van der Waals surface area contributed by atoms with E-state index in [4.69, 9.17) is 16.0 Å². The van der Waals surface area contributed by atoms with Gasteiger partial charge in [-0.2, -0.15) is 4.31 Å². The Bertz CT molecular complexity index is 1140. The predicted molar refractivity (Wildman–Crippen MR) is 106 cm³/mol. The van der Waals surface area contributed by atoms with Crippen molar-refractivity contribution < 1.29 is 17.6 Å². The number of aromatic nitrogens is 1. The molecule has 3 heterocycles. The van der Waals surface area contributed by atoms with Crippen LogP contribution in [0, 0.1) is 6.92 Å². The summed E-state index contributed by atoms with van der Waals surface area (Å²) >= 11 is 7.28. The maximum atomic E-state index is 13.1. The van der Waals surface area contributed by atoms with Crippen LogP contribution in [-0.4, -0.2) is 30.2 Å². The molecule has 1 aliphatic heterocycles. The van der Waals surface area contributed by atoms with Crippen LogP contribution in [0.4, 0.5) is 5.13 Å². The molecule has 0 atom stereocenters. The third-order valence-electron chi connectivity index (χ3n) is 4.47. The van der Waals surface area contributed by atoms with Crippen molar-refractivity contribution in [2.75, 3.05) is 11.9 Å². The minimum atomic E-state index is -3.68. The number of anilines is 1. The zero-order chi connectivity index (χ0) is 19.9. The fraction of sp³-hybridized carbons (Fsp3) is 0.222. The zero-order valence-electron chi connectivity index (χ0n) is 14.8. The second-order valence-electron chi connectivity index (χ2n) is 6.35. The lowest BCUT2D eigenvalue weighted by Gasteiger charge is -2.26. The van der Waals surface area contributed by atoms with E-state index in [9.17, 15) is 13.2 Å². The van der Waals surface area contributed by atoms with Crippen molar-refractivity contribution in [3.8, 4) is 0 Å². The van der Waals surface area contributed by atoms with E-state index in [1.54, 1.807) is 25.1 Å². The number of nitrogens with zero attached hydrogens (tertiary/aromatic N) is 2. The van der Waals surface area contributed by atoms with Crippen LogP contribution in [0.2, 0.25) is 5.02 Å². The SMILES string of the molecule is Cc1ccc(Cl)cc1S(=O)(=O)N1CCc2nc(NC(=O)c3ccoc3)sc2C1. The largest absolute Gasteiger partial charge is 0.472 e. The lowest BCUT2D eigenvalue weighted by atomic mass is 10.2. The normalized spacial score (nSPS) is 14.6. The van der Waals surface area contributed by atoms with Crippen molar-refractivity contribution in [2.45, 2.75) is 24.8 Å². The Morgan fingerprint density at radius 1 is 1.36 bits per heavy atom. The highest BCUT2D eigenvalue weighted by atomic mass is 35.5. The van der Waals surface area contributed by atoms with E-state index < -0.39 is 10.0 Å². The molecule has 0 saturated heterocycles. The van der Waals surface area contributed by atoms with Crippen LogP contribution in [0.3, 0.4) is 0 Å². The van der Waals surface area contributed by atoms with Crippen LogP contribution in [0.1, 0.15) is 26.5 Å². The van der Waals surface area contributed by atoms with Crippen LogP contribution in [0.15, 0.2) is 46.1 Å². The first kappa shape index (κ1) is 19.1. The van der Waals surface area contributed by atoms with E-state index in [2.05, 4.69) is 10.3 Å². The molecule has 4 rings (SSSR count). The predicted octanol–water partition coefficient (Wildman–Crippen LogP) is 3.70. The third kappa shape index (κ3) is 3.58. The molecule has 10 heteroatoms. The van der Waals surface area contributed by atoms with Gasteiger partial charge in [-0.25, -0.2) is 13.4 Å². The van der Waals surface area contributed by atoms with Crippen molar-refractivity contribution in [1.29, 1.82) is 0 Å². The number of fused-ring (bicyclic) bond motifs is 1. The number of hydrogen-bond donors (Lipinski definition) is 1. The Hall–Kier alpha value is -2.20. The number of carbonyl (C=O) groups excluding carboxylic acids is 1. The van der Waals surface area contributed by atoms with Crippen molar-refractivity contribution in [2.24, 2.45) is 0 Å². The van der Waals surface area contributed by atoms with Crippen LogP contribution in [0.25, 0.3) is 0 Å². The van der Waals surface area contributed by atoms with E-state index in [1.807, 2.05) is 0 Å². The smallest absolute Gasteiger partial charge is 0.260 e. The molecule has 0 saturated carbocycles. The van der Waals surface area contributed by atoms with Crippen LogP contribution < -0.4 is 5.32 Å². The average Bonchev–Trinajstić information content (AvgIpc) is 3.32. The molecule has 2 aromatic heterocycles. The second-order valence-corrected chi connectivity index (χ2v) is 9.78. The van der Waals surface area contributed by atoms with Gasteiger partial charge >= 0.3 is 0 Å². The number of aryl methyl sites for hydroxylation is 1. The molecular formula is C18H16ClN3O4S2. The lowest BCUT2D eigenvalue weighted by Crippen LogP contribution is -2.35. The molecule has 146 valence electrons. The summed E-state index contributed by atoms with van der Waals surface area (Å²) in [7, 11) is -3.68. The van der Waals surface area contributed by atoms with Gasteiger partial charge in [-0.1, -0.05) is 17.7 Å². The van der Waals surface area contributed by atoms with Crippen molar-refractivity contribution in [1.82, 2.24) is 9.29 Å². The molecule has 7 nitrogen and oxygen atoms in total. The Kier molecular flexibility index (Phi) is 5.00. The Balaban J connectivity index is 1.56. The first-order chi connectivity index (χ1) is 13.3. The van der Waals surface area contributed by atoms with Gasteiger partial charge in [0.2, 0.25) is 10.0 Å². The number of carbonyl (C=O) groups is 1. The van der Waals surface area contributed by atoms with Gasteiger partial charge < -0.3 is 4.42 Å². The van der Waals surface area contributed by atoms with E-state index in [-0.39, 0.29) is 17.3 Å². The van der Waals surface area contributed by atoms with Gasteiger partial charge in [0.1, 0.15) is 6.26 Å². The molecule has 3 aromatic rings. The second kappa shape index (κ2) is 7.32. The minimum Gasteiger partial charge on any atom is -0.472 e. The number of rotatable bonds is 4. The summed E-state index contributed by atoms with van der Waals surface area (Å²) in [6, 6.07) is 6.40. The number of amides is 1. The zero-order valence-corrected chi connectivity index (χ0v) is 17.2. The minimum absolute atomic E-state index is 0.210. The molecule has 28 heavy (non-hydrogen) atoms. The summed E-state index contributed by atoms with van der Waals surface area (Å²) in [6.45, 7) is 2.28. The summed E-state index contributed by atoms with van der Waals surface area (Å²) in [5.74, 6) is -0.320. The van der Waals surface area contributed by atoms with Crippen LogP contribution >= 0.6 is 22.9 Å². The van der Waals surface area contributed by atoms with Gasteiger partial charge in [-0.15, -0.1) is 11.3 Å². The Labute approximate surface area is 171 Å². The lowest BCUT2D eigenvalue weighted by molar-refractivity contribution is 0.102. The summed E-state index contributed by atoms with van der Waals surface area (Å²) in [6.07, 6.45) is 3.25. The number of halogens is 1. The van der Waals surface area contributed by atoms with Crippen molar-refractivity contribution in [3.05, 3.63) is 63.5 Å². The van der Waals surface area contributed by atoms with Crippen LogP contribution in [-0.2, 0) is 23.0 Å². The Morgan fingerprint density at radius 3 is 2.93 bits per heavy atom. The number of benzene rings is 1. The highest BCUT2D eigenvalue weighted by Crippen LogP contribution is 2.32. The fourth-order valence-corrected chi connectivity index (χ4v) is 5.98. The number of sulfonamides is 1. The van der Waals surface area contributed by atoms with E-state index >= 15 is 0 Å². The standard InChI is InChI=1S/C18H16ClN3O4S2/c1-11-2-3-13(19)8-16(11)28(24,25)22-6-4-14-15(9-22)27-18(20-14)21-17(23)12-5-7-26-10-12/h2-3,5,7-8,10H,4,6,9H2,1H3,(H,20,21,23). The fourth-order valence-electron chi connectivity index (χ4n) is 2.98. The average molecular weight is 438 g/mol. The van der Waals surface area contributed by atoms with Crippen LogP contribution in [0.5, 0.6) is 0 Å². The monoisotopic (exact) mass is 437 g/mol. The summed E-state index contributed by atoms with van der Waals surface area (Å²) < 4.78 is 32.5. The topological polar surface area (TPSA) is 92.5 Å². The molecule has 0 radical (unpaired) electrons. The quantitative estimate of drug-likeness (QED) is 0.671. The number of hydrogen-bond acceptors (Lipinski definition) is 6. The van der Waals surface area contributed by atoms with E-state index in [0.29, 0.717) is 34.2 Å². The molecule has 0 aliphatic carbocycles. The summed E-state index contributed by atoms with van der Waals surface area (Å²) in [4.78, 5) is 17.6. The van der Waals surface area contributed by atoms with Gasteiger partial charge in [0.25, 0.3) is 5.91 Å². The first-order valence-corrected chi connectivity index (χ1v) is 11.1. The molecule has 0 bridgehead atoms. The molecule has 1 aliphatic rings. The third-order valence-corrected chi connectivity index (χ3v) is 7.69. The Morgan fingerprint density at radius 2 is 2.18 bits per heavy atom. The number of nitrogens with one attached hydrogen (secondary N) is 1. The maximum Gasteiger partial charge on any atom is 0.260 e. The van der Waals surface area contributed by atoms with Gasteiger partial charge in [0.05, 0.1) is 29.0 Å². The first-order valence-electron chi connectivity index (χ1n) is 8.43. The summed E-state index contributed by atoms with van der Waals surface area (Å²) in [5, 5.41) is 3.54.